The van der Waals surface area contributed by atoms with E-state index in [9.17, 15) is 20.3 Å². The molecule has 0 aliphatic heterocycles. The molecule has 3 N–H and O–H groups in total. The van der Waals surface area contributed by atoms with Gasteiger partial charge in [0.25, 0.3) is 0 Å². The summed E-state index contributed by atoms with van der Waals surface area (Å²) < 4.78 is 0. The molecule has 0 atom stereocenters. The molecular weight excluding hydrogens is 448 g/mol. The van der Waals surface area contributed by atoms with Crippen molar-refractivity contribution in [3.8, 4) is 22.8 Å². The standard InChI is InChI=1S/C18H12N4O4S.BrH/c23-16-7-11(6-15(17(16)24)22(25)26)14-9-27-18(21-14)20-12-5-10-3-1-2-4-13(10)19-8-12;/h1-9,23-24H,(H,20,21);1H. The van der Waals surface area contributed by atoms with E-state index in [1.54, 1.807) is 11.6 Å². The Morgan fingerprint density at radius 1 is 1.14 bits per heavy atom. The highest BCUT2D eigenvalue weighted by molar-refractivity contribution is 8.93. The molecule has 0 saturated carbocycles. The van der Waals surface area contributed by atoms with Gasteiger partial charge in [-0.2, -0.15) is 0 Å². The first-order valence-corrected chi connectivity index (χ1v) is 8.67. The topological polar surface area (TPSA) is 121 Å². The number of nitro benzene ring substituents is 1. The molecule has 0 amide bonds. The monoisotopic (exact) mass is 460 g/mol. The zero-order valence-electron chi connectivity index (χ0n) is 14.1. The molecule has 2 aromatic carbocycles. The number of nitrogens with one attached hydrogen (secondary N) is 1. The molecule has 0 aliphatic carbocycles. The second kappa shape index (κ2) is 7.79. The van der Waals surface area contributed by atoms with E-state index < -0.39 is 22.1 Å². The lowest BCUT2D eigenvalue weighted by atomic mass is 10.1. The molecule has 0 saturated heterocycles. The highest BCUT2D eigenvalue weighted by atomic mass is 79.9. The summed E-state index contributed by atoms with van der Waals surface area (Å²) in [5.41, 5.74) is 1.84. The maximum Gasteiger partial charge on any atom is 0.315 e. The predicted molar refractivity (Wildman–Crippen MR) is 113 cm³/mol. The number of halogens is 1. The van der Waals surface area contributed by atoms with Crippen molar-refractivity contribution in [2.24, 2.45) is 0 Å². The van der Waals surface area contributed by atoms with Crippen LogP contribution in [0.5, 0.6) is 11.5 Å². The predicted octanol–water partition coefficient (Wildman–Crippen LogP) is 5.00. The number of phenolic OH excluding ortho intramolecular Hbond substituents is 2. The lowest BCUT2D eigenvalue weighted by Crippen LogP contribution is -1.92. The Morgan fingerprint density at radius 3 is 2.71 bits per heavy atom. The quantitative estimate of drug-likeness (QED) is 0.222. The number of phenols is 2. The first kappa shape index (κ1) is 19.5. The molecule has 2 aromatic heterocycles. The number of pyridine rings is 1. The zero-order valence-corrected chi connectivity index (χ0v) is 16.6. The van der Waals surface area contributed by atoms with Crippen molar-refractivity contribution in [2.75, 3.05) is 5.32 Å². The average molecular weight is 461 g/mol. The fraction of sp³-hybridized carbons (Fsp3) is 0. The van der Waals surface area contributed by atoms with Crippen LogP contribution in [0.1, 0.15) is 0 Å². The van der Waals surface area contributed by atoms with E-state index in [1.807, 2.05) is 30.3 Å². The van der Waals surface area contributed by atoms with E-state index in [-0.39, 0.29) is 17.0 Å². The van der Waals surface area contributed by atoms with E-state index in [0.717, 1.165) is 16.6 Å². The van der Waals surface area contributed by atoms with Crippen molar-refractivity contribution < 1.29 is 15.1 Å². The van der Waals surface area contributed by atoms with Crippen LogP contribution in [0, 0.1) is 10.1 Å². The molecule has 4 rings (SSSR count). The molecule has 8 nitrogen and oxygen atoms in total. The minimum atomic E-state index is -0.764. The number of thiazole rings is 1. The van der Waals surface area contributed by atoms with Gasteiger partial charge in [0.05, 0.1) is 28.0 Å². The highest BCUT2D eigenvalue weighted by Crippen LogP contribution is 2.40. The van der Waals surface area contributed by atoms with Gasteiger partial charge in [-0.1, -0.05) is 18.2 Å². The molecule has 142 valence electrons. The third kappa shape index (κ3) is 3.73. The Labute approximate surface area is 173 Å². The third-order valence-electron chi connectivity index (χ3n) is 3.91. The summed E-state index contributed by atoms with van der Waals surface area (Å²) in [6.07, 6.45) is 1.70. The molecule has 28 heavy (non-hydrogen) atoms. The normalized spacial score (nSPS) is 10.4. The fourth-order valence-corrected chi connectivity index (χ4v) is 3.36. The number of aromatic nitrogens is 2. The summed E-state index contributed by atoms with van der Waals surface area (Å²) in [6.45, 7) is 0. The summed E-state index contributed by atoms with van der Waals surface area (Å²) in [6, 6.07) is 12.1. The number of nitrogens with zero attached hydrogens (tertiary/aromatic N) is 3. The molecule has 0 aliphatic rings. The number of aromatic hydroxyl groups is 2. The van der Waals surface area contributed by atoms with Crippen LogP contribution in [0.25, 0.3) is 22.2 Å². The van der Waals surface area contributed by atoms with Gasteiger partial charge in [-0.25, -0.2) is 4.98 Å². The maximum atomic E-state index is 11.0. The largest absolute Gasteiger partial charge is 0.504 e. The van der Waals surface area contributed by atoms with Crippen molar-refractivity contribution in [2.45, 2.75) is 0 Å². The molecule has 10 heteroatoms. The summed E-state index contributed by atoms with van der Waals surface area (Å²) >= 11 is 1.30. The van der Waals surface area contributed by atoms with Gasteiger partial charge < -0.3 is 15.5 Å². The van der Waals surface area contributed by atoms with Crippen LogP contribution >= 0.6 is 28.3 Å². The Balaban J connectivity index is 0.00000225. The minimum Gasteiger partial charge on any atom is -0.504 e. The van der Waals surface area contributed by atoms with Crippen LogP contribution in [0.3, 0.4) is 0 Å². The van der Waals surface area contributed by atoms with Crippen molar-refractivity contribution in [3.05, 3.63) is 64.2 Å². The van der Waals surface area contributed by atoms with Crippen LogP contribution in [0.15, 0.2) is 54.0 Å². The SMILES string of the molecule is Br.O=[N+]([O-])c1cc(-c2csc(Nc3cnc4ccccc4c3)n2)cc(O)c1O. The zero-order chi connectivity index (χ0) is 19.0. The number of hydrogen-bond acceptors (Lipinski definition) is 8. The van der Waals surface area contributed by atoms with Crippen molar-refractivity contribution in [1.82, 2.24) is 9.97 Å². The van der Waals surface area contributed by atoms with Gasteiger partial charge in [0, 0.05) is 22.4 Å². The van der Waals surface area contributed by atoms with E-state index >= 15 is 0 Å². The minimum absolute atomic E-state index is 0. The summed E-state index contributed by atoms with van der Waals surface area (Å²) in [7, 11) is 0. The molecule has 2 heterocycles. The average Bonchev–Trinajstić information content (AvgIpc) is 3.12. The highest BCUT2D eigenvalue weighted by Gasteiger charge is 2.20. The van der Waals surface area contributed by atoms with Crippen molar-refractivity contribution in [1.29, 1.82) is 0 Å². The van der Waals surface area contributed by atoms with Crippen LogP contribution in [0.2, 0.25) is 0 Å². The Bertz CT molecular complexity index is 1180. The first-order chi connectivity index (χ1) is 13.0. The second-order valence-electron chi connectivity index (χ2n) is 5.70. The van der Waals surface area contributed by atoms with E-state index in [1.165, 1.54) is 23.5 Å². The van der Waals surface area contributed by atoms with E-state index in [0.29, 0.717) is 16.4 Å². The van der Waals surface area contributed by atoms with Crippen LogP contribution in [-0.2, 0) is 0 Å². The van der Waals surface area contributed by atoms with Gasteiger partial charge in [-0.3, -0.25) is 15.1 Å². The second-order valence-corrected chi connectivity index (χ2v) is 6.56. The van der Waals surface area contributed by atoms with Gasteiger partial charge in [-0.15, -0.1) is 28.3 Å². The van der Waals surface area contributed by atoms with Gasteiger partial charge in [0.1, 0.15) is 0 Å². The Kier molecular flexibility index (Phi) is 5.43. The fourth-order valence-electron chi connectivity index (χ4n) is 2.62. The molecule has 4 aromatic rings. The molecule has 0 spiro atoms. The van der Waals surface area contributed by atoms with Crippen LogP contribution < -0.4 is 5.32 Å². The number of anilines is 2. The smallest absolute Gasteiger partial charge is 0.315 e. The number of hydrogen-bond donors (Lipinski definition) is 3. The summed E-state index contributed by atoms with van der Waals surface area (Å²) in [5, 5.41) is 36.7. The number of nitro groups is 1. The third-order valence-corrected chi connectivity index (χ3v) is 4.67. The van der Waals surface area contributed by atoms with Crippen LogP contribution in [0.4, 0.5) is 16.5 Å². The number of fused-ring (bicyclic) bond motifs is 1. The molecule has 0 radical (unpaired) electrons. The molecule has 0 unspecified atom stereocenters. The lowest BCUT2D eigenvalue weighted by molar-refractivity contribution is -0.385. The lowest BCUT2D eigenvalue weighted by Gasteiger charge is -2.04. The van der Waals surface area contributed by atoms with Gasteiger partial charge >= 0.3 is 5.69 Å². The number of para-hydroxylation sites is 1. The summed E-state index contributed by atoms with van der Waals surface area (Å²) in [5.74, 6) is -1.33. The van der Waals surface area contributed by atoms with Gasteiger partial charge in [0.2, 0.25) is 5.75 Å². The van der Waals surface area contributed by atoms with E-state index in [4.69, 9.17) is 0 Å². The van der Waals surface area contributed by atoms with Crippen molar-refractivity contribution >= 4 is 55.7 Å². The molecule has 0 fully saturated rings. The Morgan fingerprint density at radius 2 is 1.93 bits per heavy atom. The van der Waals surface area contributed by atoms with Gasteiger partial charge in [-0.05, 0) is 18.2 Å². The first-order valence-electron chi connectivity index (χ1n) is 7.79. The van der Waals surface area contributed by atoms with Crippen LogP contribution in [-0.4, -0.2) is 25.1 Å². The molecule has 0 bridgehead atoms. The summed E-state index contributed by atoms with van der Waals surface area (Å²) in [4.78, 5) is 19.0. The Hall–Kier alpha value is -3.24. The van der Waals surface area contributed by atoms with E-state index in [2.05, 4.69) is 15.3 Å². The van der Waals surface area contributed by atoms with Gasteiger partial charge in [0.15, 0.2) is 10.9 Å². The maximum absolute atomic E-state index is 11.0. The number of rotatable bonds is 4. The molecular formula is C18H13BrN4O4S. The number of benzene rings is 2. The van der Waals surface area contributed by atoms with Crippen molar-refractivity contribution in [3.63, 3.8) is 0 Å².